The van der Waals surface area contributed by atoms with Crippen LogP contribution in [-0.4, -0.2) is 16.8 Å². The third kappa shape index (κ3) is 2.68. The summed E-state index contributed by atoms with van der Waals surface area (Å²) in [6.07, 6.45) is 0. The summed E-state index contributed by atoms with van der Waals surface area (Å²) in [5.41, 5.74) is -0.00457. The van der Waals surface area contributed by atoms with Crippen molar-refractivity contribution in [1.29, 1.82) is 0 Å². The Bertz CT molecular complexity index is 778. The van der Waals surface area contributed by atoms with Gasteiger partial charge in [0.25, 0.3) is 5.91 Å². The zero-order valence-electron chi connectivity index (χ0n) is 12.3. The van der Waals surface area contributed by atoms with E-state index in [1.165, 1.54) is 12.1 Å². The number of benzene rings is 2. The third-order valence-electron chi connectivity index (χ3n) is 3.94. The van der Waals surface area contributed by atoms with Gasteiger partial charge in [0.15, 0.2) is 0 Å². The summed E-state index contributed by atoms with van der Waals surface area (Å²) in [5, 5.41) is 3.11. The highest BCUT2D eigenvalue weighted by Gasteiger charge is 2.49. The highest BCUT2D eigenvalue weighted by Crippen LogP contribution is 2.33. The van der Waals surface area contributed by atoms with Gasteiger partial charge in [0, 0.05) is 10.6 Å². The summed E-state index contributed by atoms with van der Waals surface area (Å²) in [6, 6.07) is 12.1. The van der Waals surface area contributed by atoms with Crippen LogP contribution in [0.5, 0.6) is 0 Å². The standard InChI is InChI=1S/C17H14ClFN2O2/c1-17(13-4-2-3-5-14(13)18)15(22)21(16(23)20-17)10-11-6-8-12(19)9-7-11/h2-9H,10H2,1H3,(H,20,23)/t17-/m0/s1. The van der Waals surface area contributed by atoms with Crippen LogP contribution in [0.3, 0.4) is 0 Å². The predicted molar refractivity (Wildman–Crippen MR) is 84.3 cm³/mol. The number of carbonyl (C=O) groups is 2. The van der Waals surface area contributed by atoms with Gasteiger partial charge in [0.2, 0.25) is 0 Å². The van der Waals surface area contributed by atoms with Crippen molar-refractivity contribution < 1.29 is 14.0 Å². The van der Waals surface area contributed by atoms with Crippen molar-refractivity contribution in [2.75, 3.05) is 0 Å². The first-order valence-corrected chi connectivity index (χ1v) is 7.43. The Labute approximate surface area is 137 Å². The molecule has 1 N–H and O–H groups in total. The van der Waals surface area contributed by atoms with Crippen LogP contribution in [0.15, 0.2) is 48.5 Å². The molecule has 2 aromatic rings. The molecule has 2 aromatic carbocycles. The largest absolute Gasteiger partial charge is 0.325 e. The van der Waals surface area contributed by atoms with Crippen LogP contribution in [0, 0.1) is 5.82 Å². The summed E-state index contributed by atoms with van der Waals surface area (Å²) in [5.74, 6) is -0.758. The molecular formula is C17H14ClFN2O2. The third-order valence-corrected chi connectivity index (χ3v) is 4.27. The smallest absolute Gasteiger partial charge is 0.319 e. The van der Waals surface area contributed by atoms with Crippen LogP contribution >= 0.6 is 11.6 Å². The molecule has 3 amide bonds. The number of halogens is 2. The molecule has 118 valence electrons. The van der Waals surface area contributed by atoms with Crippen LogP contribution in [0.2, 0.25) is 5.02 Å². The quantitative estimate of drug-likeness (QED) is 0.875. The molecule has 1 fully saturated rings. The molecule has 0 unspecified atom stereocenters. The molecule has 0 bridgehead atoms. The summed E-state index contributed by atoms with van der Waals surface area (Å²) in [6.45, 7) is 1.70. The average Bonchev–Trinajstić information content (AvgIpc) is 2.74. The summed E-state index contributed by atoms with van der Waals surface area (Å²) in [4.78, 5) is 26.1. The van der Waals surface area contributed by atoms with Crippen LogP contribution in [-0.2, 0) is 16.9 Å². The molecule has 0 radical (unpaired) electrons. The maximum atomic E-state index is 13.0. The monoisotopic (exact) mass is 332 g/mol. The average molecular weight is 333 g/mol. The fourth-order valence-corrected chi connectivity index (χ4v) is 2.99. The number of imide groups is 1. The molecule has 1 aliphatic heterocycles. The first-order chi connectivity index (χ1) is 10.9. The molecule has 23 heavy (non-hydrogen) atoms. The molecule has 0 saturated carbocycles. The fourth-order valence-electron chi connectivity index (χ4n) is 2.66. The van der Waals surface area contributed by atoms with Crippen molar-refractivity contribution >= 4 is 23.5 Å². The Balaban J connectivity index is 1.91. The van der Waals surface area contributed by atoms with E-state index >= 15 is 0 Å². The minimum absolute atomic E-state index is 0.0744. The van der Waals surface area contributed by atoms with Crippen LogP contribution < -0.4 is 5.32 Å². The zero-order valence-corrected chi connectivity index (χ0v) is 13.1. The van der Waals surface area contributed by atoms with Gasteiger partial charge in [0.1, 0.15) is 11.4 Å². The number of urea groups is 1. The van der Waals surface area contributed by atoms with E-state index in [0.717, 1.165) is 4.90 Å². The Morgan fingerprint density at radius 2 is 1.78 bits per heavy atom. The van der Waals surface area contributed by atoms with Gasteiger partial charge in [-0.2, -0.15) is 0 Å². The molecule has 0 aromatic heterocycles. The first kappa shape index (κ1) is 15.5. The van der Waals surface area contributed by atoms with Gasteiger partial charge in [-0.05, 0) is 30.7 Å². The molecular weight excluding hydrogens is 319 g/mol. The second kappa shape index (κ2) is 5.66. The van der Waals surface area contributed by atoms with Crippen LogP contribution in [0.4, 0.5) is 9.18 Å². The van der Waals surface area contributed by atoms with Crippen molar-refractivity contribution in [2.45, 2.75) is 19.0 Å². The number of amides is 3. The van der Waals surface area contributed by atoms with Crippen molar-refractivity contribution in [2.24, 2.45) is 0 Å². The number of hydrogen-bond donors (Lipinski definition) is 1. The van der Waals surface area contributed by atoms with Gasteiger partial charge < -0.3 is 5.32 Å². The van der Waals surface area contributed by atoms with E-state index in [1.807, 2.05) is 0 Å². The highest BCUT2D eigenvalue weighted by molar-refractivity contribution is 6.32. The Morgan fingerprint density at radius 3 is 2.43 bits per heavy atom. The van der Waals surface area contributed by atoms with Gasteiger partial charge in [-0.15, -0.1) is 0 Å². The molecule has 1 heterocycles. The van der Waals surface area contributed by atoms with Crippen LogP contribution in [0.1, 0.15) is 18.1 Å². The van der Waals surface area contributed by atoms with Crippen LogP contribution in [0.25, 0.3) is 0 Å². The van der Waals surface area contributed by atoms with Gasteiger partial charge in [-0.3, -0.25) is 9.69 Å². The Kier molecular flexibility index (Phi) is 3.82. The van der Waals surface area contributed by atoms with E-state index in [9.17, 15) is 14.0 Å². The molecule has 1 saturated heterocycles. The Hall–Kier alpha value is -2.40. The van der Waals surface area contributed by atoms with E-state index in [4.69, 9.17) is 11.6 Å². The lowest BCUT2D eigenvalue weighted by Gasteiger charge is -2.23. The second-order valence-electron chi connectivity index (χ2n) is 5.55. The minimum atomic E-state index is -1.21. The molecule has 0 aliphatic carbocycles. The number of rotatable bonds is 3. The van der Waals surface area contributed by atoms with E-state index in [1.54, 1.807) is 43.3 Å². The lowest BCUT2D eigenvalue weighted by atomic mass is 9.92. The van der Waals surface area contributed by atoms with E-state index in [0.29, 0.717) is 16.1 Å². The molecule has 4 nitrogen and oxygen atoms in total. The lowest BCUT2D eigenvalue weighted by Crippen LogP contribution is -2.41. The zero-order chi connectivity index (χ0) is 16.6. The predicted octanol–water partition coefficient (Wildman–Crippen LogP) is 3.45. The lowest BCUT2D eigenvalue weighted by molar-refractivity contribution is -0.131. The van der Waals surface area contributed by atoms with Crippen molar-refractivity contribution in [1.82, 2.24) is 10.2 Å². The van der Waals surface area contributed by atoms with E-state index in [2.05, 4.69) is 5.32 Å². The highest BCUT2D eigenvalue weighted by atomic mass is 35.5. The molecule has 6 heteroatoms. The topological polar surface area (TPSA) is 49.4 Å². The summed E-state index contributed by atoms with van der Waals surface area (Å²) in [7, 11) is 0. The van der Waals surface area contributed by atoms with Gasteiger partial charge >= 0.3 is 6.03 Å². The maximum Gasteiger partial charge on any atom is 0.325 e. The number of nitrogens with one attached hydrogen (secondary N) is 1. The van der Waals surface area contributed by atoms with Gasteiger partial charge in [-0.1, -0.05) is 41.9 Å². The summed E-state index contributed by atoms with van der Waals surface area (Å²) < 4.78 is 13.0. The van der Waals surface area contributed by atoms with Gasteiger partial charge in [0.05, 0.1) is 6.54 Å². The number of carbonyl (C=O) groups excluding carboxylic acids is 2. The van der Waals surface area contributed by atoms with Gasteiger partial charge in [-0.25, -0.2) is 9.18 Å². The van der Waals surface area contributed by atoms with Crippen molar-refractivity contribution in [3.63, 3.8) is 0 Å². The van der Waals surface area contributed by atoms with E-state index in [-0.39, 0.29) is 18.3 Å². The fraction of sp³-hybridized carbons (Fsp3) is 0.176. The van der Waals surface area contributed by atoms with E-state index < -0.39 is 11.6 Å². The first-order valence-electron chi connectivity index (χ1n) is 7.05. The maximum absolute atomic E-state index is 13.0. The molecule has 1 aliphatic rings. The number of nitrogens with zero attached hydrogens (tertiary/aromatic N) is 1. The number of hydrogen-bond acceptors (Lipinski definition) is 2. The second-order valence-corrected chi connectivity index (χ2v) is 5.96. The normalized spacial score (nSPS) is 20.7. The van der Waals surface area contributed by atoms with Crippen molar-refractivity contribution in [3.8, 4) is 0 Å². The SMILES string of the molecule is C[C@@]1(c2ccccc2Cl)NC(=O)N(Cc2ccc(F)cc2)C1=O. The molecule has 1 atom stereocenters. The van der Waals surface area contributed by atoms with Crippen molar-refractivity contribution in [3.05, 3.63) is 70.5 Å². The Morgan fingerprint density at radius 1 is 1.13 bits per heavy atom. The molecule has 0 spiro atoms. The minimum Gasteiger partial charge on any atom is -0.319 e. The summed E-state index contributed by atoms with van der Waals surface area (Å²) >= 11 is 6.17. The molecule has 3 rings (SSSR count).